The number of carbonyl (C=O) groups excluding carboxylic acids is 1. The highest BCUT2D eigenvalue weighted by Gasteiger charge is 2.13. The molecule has 1 N–H and O–H groups in total. The van der Waals surface area contributed by atoms with Gasteiger partial charge in [0.2, 0.25) is 0 Å². The van der Waals surface area contributed by atoms with E-state index in [0.29, 0.717) is 17.3 Å². The Bertz CT molecular complexity index is 868. The lowest BCUT2D eigenvalue weighted by atomic mass is 10.1. The SMILES string of the molecule is O=C(NCc1ccccc1)c1ccc(-c2ncccc2Cl)c(F)c1. The van der Waals surface area contributed by atoms with E-state index in [-0.39, 0.29) is 17.0 Å². The molecule has 5 heteroatoms. The van der Waals surface area contributed by atoms with E-state index in [0.717, 1.165) is 5.56 Å². The number of nitrogens with zero attached hydrogens (tertiary/aromatic N) is 1. The van der Waals surface area contributed by atoms with E-state index in [2.05, 4.69) is 10.3 Å². The monoisotopic (exact) mass is 340 g/mol. The van der Waals surface area contributed by atoms with Gasteiger partial charge < -0.3 is 5.32 Å². The molecule has 3 rings (SSSR count). The fourth-order valence-corrected chi connectivity index (χ4v) is 2.54. The van der Waals surface area contributed by atoms with Gasteiger partial charge in [-0.15, -0.1) is 0 Å². The molecule has 0 aliphatic heterocycles. The van der Waals surface area contributed by atoms with Crippen LogP contribution in [0.4, 0.5) is 4.39 Å². The Morgan fingerprint density at radius 3 is 2.58 bits per heavy atom. The molecule has 0 radical (unpaired) electrons. The number of hydrogen-bond donors (Lipinski definition) is 1. The molecule has 0 atom stereocenters. The molecule has 3 aromatic rings. The van der Waals surface area contributed by atoms with E-state index >= 15 is 0 Å². The lowest BCUT2D eigenvalue weighted by Crippen LogP contribution is -2.22. The summed E-state index contributed by atoms with van der Waals surface area (Å²) in [6.45, 7) is 0.384. The Kier molecular flexibility index (Phi) is 4.87. The molecule has 1 aromatic heterocycles. The van der Waals surface area contributed by atoms with Crippen LogP contribution >= 0.6 is 11.6 Å². The van der Waals surface area contributed by atoms with E-state index in [4.69, 9.17) is 11.6 Å². The van der Waals surface area contributed by atoms with Gasteiger partial charge in [-0.3, -0.25) is 9.78 Å². The summed E-state index contributed by atoms with van der Waals surface area (Å²) >= 11 is 6.04. The van der Waals surface area contributed by atoms with Crippen LogP contribution in [0.15, 0.2) is 66.9 Å². The molecular formula is C19H14ClFN2O. The molecule has 0 unspecified atom stereocenters. The fraction of sp³-hybridized carbons (Fsp3) is 0.0526. The van der Waals surface area contributed by atoms with Crippen molar-refractivity contribution in [2.45, 2.75) is 6.54 Å². The summed E-state index contributed by atoms with van der Waals surface area (Å²) in [5.74, 6) is -0.876. The summed E-state index contributed by atoms with van der Waals surface area (Å²) < 4.78 is 14.4. The first-order chi connectivity index (χ1) is 11.6. The van der Waals surface area contributed by atoms with Crippen molar-refractivity contribution in [3.63, 3.8) is 0 Å². The summed E-state index contributed by atoms with van der Waals surface area (Å²) in [6, 6.07) is 17.1. The minimum Gasteiger partial charge on any atom is -0.348 e. The highest BCUT2D eigenvalue weighted by atomic mass is 35.5. The molecule has 0 fully saturated rings. The van der Waals surface area contributed by atoms with Gasteiger partial charge in [-0.2, -0.15) is 0 Å². The van der Waals surface area contributed by atoms with Gasteiger partial charge in [0.15, 0.2) is 0 Å². The van der Waals surface area contributed by atoms with Crippen LogP contribution < -0.4 is 5.32 Å². The van der Waals surface area contributed by atoms with Crippen LogP contribution in [-0.2, 0) is 6.54 Å². The fourth-order valence-electron chi connectivity index (χ4n) is 2.31. The second-order valence-electron chi connectivity index (χ2n) is 5.20. The minimum atomic E-state index is -0.539. The van der Waals surface area contributed by atoms with Gasteiger partial charge in [0.1, 0.15) is 5.82 Å². The van der Waals surface area contributed by atoms with Crippen molar-refractivity contribution in [3.8, 4) is 11.3 Å². The predicted octanol–water partition coefficient (Wildman–Crippen LogP) is 4.47. The molecule has 0 saturated carbocycles. The van der Waals surface area contributed by atoms with Crippen LogP contribution in [-0.4, -0.2) is 10.9 Å². The molecule has 2 aromatic carbocycles. The van der Waals surface area contributed by atoms with E-state index in [9.17, 15) is 9.18 Å². The van der Waals surface area contributed by atoms with Gasteiger partial charge in [-0.1, -0.05) is 41.9 Å². The average molecular weight is 341 g/mol. The van der Waals surface area contributed by atoms with Crippen molar-refractivity contribution >= 4 is 17.5 Å². The van der Waals surface area contributed by atoms with Gasteiger partial charge in [-0.25, -0.2) is 4.39 Å². The number of aromatic nitrogens is 1. The predicted molar refractivity (Wildman–Crippen MR) is 92.3 cm³/mol. The Hall–Kier alpha value is -2.72. The molecule has 24 heavy (non-hydrogen) atoms. The molecular weight excluding hydrogens is 327 g/mol. The van der Waals surface area contributed by atoms with Crippen LogP contribution in [0.25, 0.3) is 11.3 Å². The van der Waals surface area contributed by atoms with Gasteiger partial charge in [0.05, 0.1) is 10.7 Å². The van der Waals surface area contributed by atoms with Crippen LogP contribution in [0.5, 0.6) is 0 Å². The summed E-state index contributed by atoms with van der Waals surface area (Å²) in [5, 5.41) is 3.12. The van der Waals surface area contributed by atoms with Gasteiger partial charge >= 0.3 is 0 Å². The van der Waals surface area contributed by atoms with Crippen molar-refractivity contribution < 1.29 is 9.18 Å². The largest absolute Gasteiger partial charge is 0.348 e. The first kappa shape index (κ1) is 16.1. The van der Waals surface area contributed by atoms with Crippen molar-refractivity contribution in [1.82, 2.24) is 10.3 Å². The lowest BCUT2D eigenvalue weighted by Gasteiger charge is -2.08. The molecule has 120 valence electrons. The zero-order valence-corrected chi connectivity index (χ0v) is 13.4. The molecule has 1 heterocycles. The summed E-state index contributed by atoms with van der Waals surface area (Å²) in [6.07, 6.45) is 1.54. The molecule has 3 nitrogen and oxygen atoms in total. The van der Waals surface area contributed by atoms with Crippen molar-refractivity contribution in [1.29, 1.82) is 0 Å². The van der Waals surface area contributed by atoms with Gasteiger partial charge in [0, 0.05) is 23.9 Å². The Balaban J connectivity index is 1.77. The van der Waals surface area contributed by atoms with E-state index in [1.807, 2.05) is 30.3 Å². The lowest BCUT2D eigenvalue weighted by molar-refractivity contribution is 0.0950. The standard InChI is InChI=1S/C19H14ClFN2O/c20-16-7-4-10-22-18(16)15-9-8-14(11-17(15)21)19(24)23-12-13-5-2-1-3-6-13/h1-11H,12H2,(H,23,24). The smallest absolute Gasteiger partial charge is 0.251 e. The molecule has 1 amide bonds. The maximum Gasteiger partial charge on any atom is 0.251 e. The minimum absolute atomic E-state index is 0.249. The third-order valence-corrected chi connectivity index (χ3v) is 3.85. The molecule has 0 spiro atoms. The highest BCUT2D eigenvalue weighted by Crippen LogP contribution is 2.28. The number of amides is 1. The number of hydrogen-bond acceptors (Lipinski definition) is 2. The van der Waals surface area contributed by atoms with Crippen molar-refractivity contribution in [2.24, 2.45) is 0 Å². The Morgan fingerprint density at radius 1 is 1.08 bits per heavy atom. The van der Waals surface area contributed by atoms with Crippen LogP contribution in [0.1, 0.15) is 15.9 Å². The number of halogens is 2. The number of nitrogens with one attached hydrogen (secondary N) is 1. The summed E-state index contributed by atoms with van der Waals surface area (Å²) in [7, 11) is 0. The first-order valence-electron chi connectivity index (χ1n) is 7.38. The number of benzene rings is 2. The van der Waals surface area contributed by atoms with E-state index in [1.54, 1.807) is 24.4 Å². The summed E-state index contributed by atoms with van der Waals surface area (Å²) in [4.78, 5) is 16.3. The zero-order chi connectivity index (χ0) is 16.9. The third kappa shape index (κ3) is 3.60. The molecule has 0 aliphatic carbocycles. The third-order valence-electron chi connectivity index (χ3n) is 3.54. The van der Waals surface area contributed by atoms with Crippen LogP contribution in [0.2, 0.25) is 5.02 Å². The first-order valence-corrected chi connectivity index (χ1v) is 7.75. The Morgan fingerprint density at radius 2 is 1.88 bits per heavy atom. The van der Waals surface area contributed by atoms with E-state index < -0.39 is 5.82 Å². The second kappa shape index (κ2) is 7.23. The number of rotatable bonds is 4. The Labute approximate surface area is 144 Å². The molecule has 0 saturated heterocycles. The number of carbonyl (C=O) groups is 1. The maximum absolute atomic E-state index is 14.4. The second-order valence-corrected chi connectivity index (χ2v) is 5.60. The van der Waals surface area contributed by atoms with Crippen LogP contribution in [0, 0.1) is 5.82 Å². The molecule has 0 bridgehead atoms. The number of pyridine rings is 1. The summed E-state index contributed by atoms with van der Waals surface area (Å²) in [5.41, 5.74) is 1.84. The van der Waals surface area contributed by atoms with Gasteiger partial charge in [-0.05, 0) is 35.9 Å². The zero-order valence-electron chi connectivity index (χ0n) is 12.7. The van der Waals surface area contributed by atoms with Crippen molar-refractivity contribution in [3.05, 3.63) is 88.8 Å². The normalized spacial score (nSPS) is 10.4. The van der Waals surface area contributed by atoms with Gasteiger partial charge in [0.25, 0.3) is 5.91 Å². The highest BCUT2D eigenvalue weighted by molar-refractivity contribution is 6.33. The maximum atomic E-state index is 14.4. The topological polar surface area (TPSA) is 42.0 Å². The molecule has 0 aliphatic rings. The average Bonchev–Trinajstić information content (AvgIpc) is 2.61. The van der Waals surface area contributed by atoms with E-state index in [1.165, 1.54) is 12.1 Å². The van der Waals surface area contributed by atoms with Crippen molar-refractivity contribution in [2.75, 3.05) is 0 Å². The van der Waals surface area contributed by atoms with Crippen LogP contribution in [0.3, 0.4) is 0 Å². The quantitative estimate of drug-likeness (QED) is 0.761.